The number of rotatable bonds is 3. The summed E-state index contributed by atoms with van der Waals surface area (Å²) < 4.78 is 13.4. The Morgan fingerprint density at radius 1 is 1.63 bits per heavy atom. The van der Waals surface area contributed by atoms with Gasteiger partial charge in [0.05, 0.1) is 17.9 Å². The van der Waals surface area contributed by atoms with Crippen LogP contribution in [0.3, 0.4) is 0 Å². The zero-order valence-electron chi connectivity index (χ0n) is 11.0. The predicted molar refractivity (Wildman–Crippen MR) is 69.1 cm³/mol. The summed E-state index contributed by atoms with van der Waals surface area (Å²) >= 11 is 0. The number of halogens is 1. The molecule has 1 aliphatic rings. The molecule has 0 unspecified atom stereocenters. The molecule has 2 rings (SSSR count). The number of aromatic nitrogens is 1. The number of carbonyl (C=O) groups excluding carboxylic acids is 1. The van der Waals surface area contributed by atoms with Crippen molar-refractivity contribution in [3.8, 4) is 0 Å². The van der Waals surface area contributed by atoms with E-state index in [-0.39, 0.29) is 11.0 Å². The van der Waals surface area contributed by atoms with Gasteiger partial charge in [-0.2, -0.15) is 0 Å². The maximum Gasteiger partial charge on any atom is 0.254 e. The molecule has 0 bridgehead atoms. The van der Waals surface area contributed by atoms with E-state index in [1.807, 2.05) is 6.92 Å². The van der Waals surface area contributed by atoms with Crippen LogP contribution in [0.15, 0.2) is 18.5 Å². The zero-order valence-corrected chi connectivity index (χ0v) is 11.0. The molecule has 1 heterocycles. The molecule has 1 aromatic rings. The highest BCUT2D eigenvalue weighted by Gasteiger charge is 2.35. The first-order valence-corrected chi connectivity index (χ1v) is 6.59. The molecule has 1 aromatic heterocycles. The molecule has 1 amide bonds. The standard InChI is InChI=1S/C14H19FN2O2/c1-14(6-3-2-4-12(14)18)9-17-13(19)10-5-7-16-8-11(10)15/h5,7-8,12,18H,2-4,6,9H2,1H3,(H,17,19)/t12-,14-/m0/s1. The zero-order chi connectivity index (χ0) is 13.9. The van der Waals surface area contributed by atoms with E-state index in [9.17, 15) is 14.3 Å². The van der Waals surface area contributed by atoms with Gasteiger partial charge in [-0.25, -0.2) is 4.39 Å². The molecule has 19 heavy (non-hydrogen) atoms. The van der Waals surface area contributed by atoms with Crippen LogP contribution in [0.5, 0.6) is 0 Å². The van der Waals surface area contributed by atoms with Crippen molar-refractivity contribution in [3.05, 3.63) is 29.8 Å². The number of aliphatic hydroxyl groups excluding tert-OH is 1. The summed E-state index contributed by atoms with van der Waals surface area (Å²) in [5, 5.41) is 12.7. The molecule has 0 radical (unpaired) electrons. The highest BCUT2D eigenvalue weighted by atomic mass is 19.1. The average molecular weight is 266 g/mol. The van der Waals surface area contributed by atoms with Crippen molar-refractivity contribution in [2.75, 3.05) is 6.54 Å². The molecule has 2 N–H and O–H groups in total. The van der Waals surface area contributed by atoms with Crippen molar-refractivity contribution in [1.29, 1.82) is 0 Å². The quantitative estimate of drug-likeness (QED) is 0.878. The largest absolute Gasteiger partial charge is 0.392 e. The minimum absolute atomic E-state index is 0.0103. The second-order valence-corrected chi connectivity index (χ2v) is 5.45. The van der Waals surface area contributed by atoms with Crippen molar-refractivity contribution in [1.82, 2.24) is 10.3 Å². The predicted octanol–water partition coefficient (Wildman–Crippen LogP) is 1.89. The molecular weight excluding hydrogens is 247 g/mol. The van der Waals surface area contributed by atoms with E-state index in [1.165, 1.54) is 12.3 Å². The molecule has 2 atom stereocenters. The summed E-state index contributed by atoms with van der Waals surface area (Å²) in [7, 11) is 0. The summed E-state index contributed by atoms with van der Waals surface area (Å²) in [6, 6.07) is 1.35. The van der Waals surface area contributed by atoms with E-state index in [1.54, 1.807) is 0 Å². The number of nitrogens with one attached hydrogen (secondary N) is 1. The van der Waals surface area contributed by atoms with Gasteiger partial charge in [-0.1, -0.05) is 19.8 Å². The van der Waals surface area contributed by atoms with Gasteiger partial charge in [0.2, 0.25) is 0 Å². The van der Waals surface area contributed by atoms with Gasteiger partial charge in [-0.05, 0) is 18.9 Å². The summed E-state index contributed by atoms with van der Waals surface area (Å²) in [5.74, 6) is -1.09. The van der Waals surface area contributed by atoms with Crippen molar-refractivity contribution >= 4 is 5.91 Å². The van der Waals surface area contributed by atoms with Gasteiger partial charge in [0, 0.05) is 18.2 Å². The number of hydrogen-bond acceptors (Lipinski definition) is 3. The fraction of sp³-hybridized carbons (Fsp3) is 0.571. The van der Waals surface area contributed by atoms with Crippen LogP contribution in [0.1, 0.15) is 43.0 Å². The number of nitrogens with zero attached hydrogens (tertiary/aromatic N) is 1. The topological polar surface area (TPSA) is 62.2 Å². The van der Waals surface area contributed by atoms with Crippen molar-refractivity contribution in [2.24, 2.45) is 5.41 Å². The van der Waals surface area contributed by atoms with Crippen LogP contribution in [-0.2, 0) is 0 Å². The van der Waals surface area contributed by atoms with Crippen molar-refractivity contribution in [2.45, 2.75) is 38.7 Å². The Morgan fingerprint density at radius 3 is 3.11 bits per heavy atom. The Balaban J connectivity index is 1.99. The fourth-order valence-corrected chi connectivity index (χ4v) is 2.52. The average Bonchev–Trinajstić information content (AvgIpc) is 2.40. The summed E-state index contributed by atoms with van der Waals surface area (Å²) in [6.07, 6.45) is 5.69. The van der Waals surface area contributed by atoms with Crippen molar-refractivity contribution in [3.63, 3.8) is 0 Å². The molecule has 0 saturated heterocycles. The second kappa shape index (κ2) is 5.65. The third-order valence-corrected chi connectivity index (χ3v) is 3.95. The van der Waals surface area contributed by atoms with Gasteiger partial charge in [0.15, 0.2) is 5.82 Å². The maximum absolute atomic E-state index is 13.4. The minimum Gasteiger partial charge on any atom is -0.392 e. The summed E-state index contributed by atoms with van der Waals surface area (Å²) in [4.78, 5) is 15.5. The Labute approximate surface area is 112 Å². The minimum atomic E-state index is -0.630. The Morgan fingerprint density at radius 2 is 2.42 bits per heavy atom. The summed E-state index contributed by atoms with van der Waals surface area (Å²) in [5.41, 5.74) is -0.332. The van der Waals surface area contributed by atoms with Gasteiger partial charge < -0.3 is 10.4 Å². The number of pyridine rings is 1. The number of amides is 1. The molecular formula is C14H19FN2O2. The van der Waals surface area contributed by atoms with Gasteiger partial charge in [-0.15, -0.1) is 0 Å². The van der Waals surface area contributed by atoms with Gasteiger partial charge in [-0.3, -0.25) is 9.78 Å². The molecule has 0 spiro atoms. The van der Waals surface area contributed by atoms with E-state index in [0.29, 0.717) is 6.54 Å². The maximum atomic E-state index is 13.4. The molecule has 1 fully saturated rings. The van der Waals surface area contributed by atoms with Crippen LogP contribution in [0, 0.1) is 11.2 Å². The first kappa shape index (κ1) is 13.9. The molecule has 0 aliphatic heterocycles. The highest BCUT2D eigenvalue weighted by molar-refractivity contribution is 5.94. The van der Waals surface area contributed by atoms with Crippen LogP contribution in [0.4, 0.5) is 4.39 Å². The molecule has 1 saturated carbocycles. The van der Waals surface area contributed by atoms with E-state index in [4.69, 9.17) is 0 Å². The van der Waals surface area contributed by atoms with Crippen LogP contribution in [-0.4, -0.2) is 28.6 Å². The van der Waals surface area contributed by atoms with E-state index >= 15 is 0 Å². The fourth-order valence-electron chi connectivity index (χ4n) is 2.52. The lowest BCUT2D eigenvalue weighted by Gasteiger charge is -2.38. The Bertz CT molecular complexity index is 467. The van der Waals surface area contributed by atoms with Crippen molar-refractivity contribution < 1.29 is 14.3 Å². The Kier molecular flexibility index (Phi) is 4.14. The highest BCUT2D eigenvalue weighted by Crippen LogP contribution is 2.35. The van der Waals surface area contributed by atoms with Crippen LogP contribution in [0.25, 0.3) is 0 Å². The number of hydrogen-bond donors (Lipinski definition) is 2. The number of carbonyl (C=O) groups is 1. The lowest BCUT2D eigenvalue weighted by Crippen LogP contribution is -2.45. The third kappa shape index (κ3) is 3.10. The SMILES string of the molecule is C[C@@]1(CNC(=O)c2ccncc2F)CCCC[C@@H]1O. The van der Waals surface area contributed by atoms with E-state index < -0.39 is 17.8 Å². The van der Waals surface area contributed by atoms with Gasteiger partial charge >= 0.3 is 0 Å². The molecule has 1 aliphatic carbocycles. The van der Waals surface area contributed by atoms with Crippen LogP contribution >= 0.6 is 0 Å². The molecule has 0 aromatic carbocycles. The normalized spacial score (nSPS) is 27.0. The monoisotopic (exact) mass is 266 g/mol. The van der Waals surface area contributed by atoms with E-state index in [2.05, 4.69) is 10.3 Å². The van der Waals surface area contributed by atoms with Crippen LogP contribution in [0.2, 0.25) is 0 Å². The molecule has 104 valence electrons. The Hall–Kier alpha value is -1.49. The lowest BCUT2D eigenvalue weighted by atomic mass is 9.73. The van der Waals surface area contributed by atoms with Gasteiger partial charge in [0.25, 0.3) is 5.91 Å². The molecule has 4 nitrogen and oxygen atoms in total. The number of aliphatic hydroxyl groups is 1. The lowest BCUT2D eigenvalue weighted by molar-refractivity contribution is 0.00188. The first-order valence-electron chi connectivity index (χ1n) is 6.59. The van der Waals surface area contributed by atoms with Gasteiger partial charge in [0.1, 0.15) is 0 Å². The first-order chi connectivity index (χ1) is 9.03. The second-order valence-electron chi connectivity index (χ2n) is 5.45. The summed E-state index contributed by atoms with van der Waals surface area (Å²) in [6.45, 7) is 2.31. The smallest absolute Gasteiger partial charge is 0.254 e. The molecule has 5 heteroatoms. The third-order valence-electron chi connectivity index (χ3n) is 3.95. The van der Waals surface area contributed by atoms with E-state index in [0.717, 1.165) is 31.9 Å². The van der Waals surface area contributed by atoms with Crippen LogP contribution < -0.4 is 5.32 Å².